The Balaban J connectivity index is 1.78. The Morgan fingerprint density at radius 1 is 1.38 bits per heavy atom. The normalized spacial score (nSPS) is 17.1. The van der Waals surface area contributed by atoms with Crippen LogP contribution in [0.15, 0.2) is 34.2 Å². The summed E-state index contributed by atoms with van der Waals surface area (Å²) in [5.74, 6) is -0.742. The number of carboxylic acids is 1. The summed E-state index contributed by atoms with van der Waals surface area (Å²) in [6, 6.07) is 1.74. The Morgan fingerprint density at radius 2 is 2.23 bits per heavy atom. The van der Waals surface area contributed by atoms with E-state index in [1.165, 1.54) is 6.20 Å². The first-order chi connectivity index (χ1) is 12.5. The predicted octanol–water partition coefficient (Wildman–Crippen LogP) is 0.0739. The number of aromatic nitrogens is 5. The van der Waals surface area contributed by atoms with E-state index in [9.17, 15) is 14.4 Å². The van der Waals surface area contributed by atoms with Gasteiger partial charge in [0.05, 0.1) is 11.3 Å². The van der Waals surface area contributed by atoms with Crippen molar-refractivity contribution < 1.29 is 9.90 Å². The van der Waals surface area contributed by atoms with Crippen LogP contribution in [0.25, 0.3) is 16.9 Å². The standard InChI is InChI=1S/C16H16N6O4/c23-13(24)5-9-1-3-21(8-9)12-6-11(20-22-4-2-17-14(12)22)10-7-18-16(26)19-15(10)25/h2,4,6-7,9H,1,3,5,8H2,(H,23,24)(H2,18,19,25,26). The average molecular weight is 356 g/mol. The quantitative estimate of drug-likeness (QED) is 0.602. The van der Waals surface area contributed by atoms with E-state index < -0.39 is 17.2 Å². The van der Waals surface area contributed by atoms with E-state index in [-0.39, 0.29) is 17.9 Å². The van der Waals surface area contributed by atoms with Gasteiger partial charge in [-0.05, 0) is 18.4 Å². The fourth-order valence-electron chi connectivity index (χ4n) is 3.33. The van der Waals surface area contributed by atoms with Crippen molar-refractivity contribution in [2.24, 2.45) is 5.92 Å². The third-order valence-electron chi connectivity index (χ3n) is 4.52. The number of hydrogen-bond donors (Lipinski definition) is 3. The first-order valence-electron chi connectivity index (χ1n) is 8.15. The van der Waals surface area contributed by atoms with Crippen molar-refractivity contribution in [1.29, 1.82) is 0 Å². The lowest BCUT2D eigenvalue weighted by atomic mass is 10.1. The summed E-state index contributed by atoms with van der Waals surface area (Å²) in [4.78, 5) is 45.3. The van der Waals surface area contributed by atoms with E-state index in [2.05, 4.69) is 25.0 Å². The molecule has 0 spiro atoms. The number of aromatic amines is 2. The summed E-state index contributed by atoms with van der Waals surface area (Å²) in [6.07, 6.45) is 5.51. The van der Waals surface area contributed by atoms with Gasteiger partial charge in [0.1, 0.15) is 5.69 Å². The van der Waals surface area contributed by atoms with Gasteiger partial charge in [-0.25, -0.2) is 14.3 Å². The van der Waals surface area contributed by atoms with E-state index >= 15 is 0 Å². The minimum Gasteiger partial charge on any atom is -0.481 e. The zero-order valence-electron chi connectivity index (χ0n) is 13.7. The number of nitrogens with zero attached hydrogens (tertiary/aromatic N) is 4. The van der Waals surface area contributed by atoms with Crippen LogP contribution in [0.5, 0.6) is 0 Å². The highest BCUT2D eigenvalue weighted by atomic mass is 16.4. The zero-order chi connectivity index (χ0) is 18.3. The van der Waals surface area contributed by atoms with Crippen molar-refractivity contribution in [3.8, 4) is 11.3 Å². The molecule has 0 amide bonds. The molecule has 4 rings (SSSR count). The van der Waals surface area contributed by atoms with Crippen molar-refractivity contribution in [2.75, 3.05) is 18.0 Å². The number of carboxylic acid groups (broad SMARTS) is 1. The van der Waals surface area contributed by atoms with Gasteiger partial charge in [-0.3, -0.25) is 14.6 Å². The lowest BCUT2D eigenvalue weighted by molar-refractivity contribution is -0.137. The molecule has 1 atom stereocenters. The molecular weight excluding hydrogens is 340 g/mol. The number of rotatable bonds is 4. The van der Waals surface area contributed by atoms with Gasteiger partial charge in [-0.2, -0.15) is 5.10 Å². The van der Waals surface area contributed by atoms with Crippen LogP contribution < -0.4 is 16.1 Å². The van der Waals surface area contributed by atoms with E-state index in [0.29, 0.717) is 24.4 Å². The number of hydrogen-bond acceptors (Lipinski definition) is 6. The molecule has 0 bridgehead atoms. The molecule has 0 saturated carbocycles. The van der Waals surface area contributed by atoms with Crippen molar-refractivity contribution in [1.82, 2.24) is 24.6 Å². The van der Waals surface area contributed by atoms with E-state index in [4.69, 9.17) is 5.11 Å². The molecule has 3 aromatic rings. The first-order valence-corrected chi connectivity index (χ1v) is 8.15. The van der Waals surface area contributed by atoms with Gasteiger partial charge in [0.15, 0.2) is 5.65 Å². The molecular formula is C16H16N6O4. The Bertz CT molecular complexity index is 1100. The molecule has 1 saturated heterocycles. The second-order valence-electron chi connectivity index (χ2n) is 6.29. The fourth-order valence-corrected chi connectivity index (χ4v) is 3.33. The topological polar surface area (TPSA) is 136 Å². The Labute approximate surface area is 146 Å². The highest BCUT2D eigenvalue weighted by Gasteiger charge is 2.27. The summed E-state index contributed by atoms with van der Waals surface area (Å²) < 4.78 is 1.57. The second kappa shape index (κ2) is 6.14. The van der Waals surface area contributed by atoms with Crippen LogP contribution >= 0.6 is 0 Å². The van der Waals surface area contributed by atoms with Crippen LogP contribution in [0.4, 0.5) is 5.69 Å². The van der Waals surface area contributed by atoms with Gasteiger partial charge < -0.3 is 15.0 Å². The Morgan fingerprint density at radius 3 is 3.00 bits per heavy atom. The van der Waals surface area contributed by atoms with Crippen molar-refractivity contribution in [3.05, 3.63) is 45.5 Å². The van der Waals surface area contributed by atoms with Gasteiger partial charge in [0.2, 0.25) is 0 Å². The number of fused-ring (bicyclic) bond motifs is 1. The number of carbonyl (C=O) groups is 1. The van der Waals surface area contributed by atoms with E-state index in [1.54, 1.807) is 23.0 Å². The highest BCUT2D eigenvalue weighted by molar-refractivity contribution is 5.75. The molecule has 0 aliphatic carbocycles. The summed E-state index contributed by atoms with van der Waals surface area (Å²) in [7, 11) is 0. The van der Waals surface area contributed by atoms with Gasteiger partial charge in [-0.15, -0.1) is 0 Å². The van der Waals surface area contributed by atoms with Crippen LogP contribution in [0.1, 0.15) is 12.8 Å². The minimum absolute atomic E-state index is 0.0654. The average Bonchev–Trinajstić information content (AvgIpc) is 3.22. The molecule has 3 N–H and O–H groups in total. The van der Waals surface area contributed by atoms with Crippen LogP contribution in [0.2, 0.25) is 0 Å². The Kier molecular flexibility index (Phi) is 3.79. The predicted molar refractivity (Wildman–Crippen MR) is 92.2 cm³/mol. The van der Waals surface area contributed by atoms with Gasteiger partial charge in [0.25, 0.3) is 5.56 Å². The first kappa shape index (κ1) is 16.1. The third kappa shape index (κ3) is 2.85. The van der Waals surface area contributed by atoms with Gasteiger partial charge in [-0.1, -0.05) is 0 Å². The van der Waals surface area contributed by atoms with Crippen molar-refractivity contribution in [3.63, 3.8) is 0 Å². The molecule has 10 nitrogen and oxygen atoms in total. The fraction of sp³-hybridized carbons (Fsp3) is 0.312. The lowest BCUT2D eigenvalue weighted by Crippen LogP contribution is -2.24. The maximum Gasteiger partial charge on any atom is 0.325 e. The molecule has 1 aliphatic rings. The van der Waals surface area contributed by atoms with Crippen LogP contribution in [-0.4, -0.2) is 48.7 Å². The van der Waals surface area contributed by atoms with Crippen LogP contribution in [0.3, 0.4) is 0 Å². The molecule has 26 heavy (non-hydrogen) atoms. The lowest BCUT2D eigenvalue weighted by Gasteiger charge is -2.19. The third-order valence-corrected chi connectivity index (χ3v) is 4.52. The Hall–Kier alpha value is -3.43. The monoisotopic (exact) mass is 356 g/mol. The number of anilines is 1. The number of nitrogens with one attached hydrogen (secondary N) is 2. The molecule has 1 unspecified atom stereocenters. The summed E-state index contributed by atoms with van der Waals surface area (Å²) in [5.41, 5.74) is 0.923. The molecule has 0 aromatic carbocycles. The minimum atomic E-state index is -0.807. The molecule has 0 radical (unpaired) electrons. The molecule has 134 valence electrons. The van der Waals surface area contributed by atoms with Gasteiger partial charge >= 0.3 is 11.7 Å². The largest absolute Gasteiger partial charge is 0.481 e. The van der Waals surface area contributed by atoms with Crippen LogP contribution in [0, 0.1) is 5.92 Å². The molecule has 10 heteroatoms. The van der Waals surface area contributed by atoms with Crippen molar-refractivity contribution in [2.45, 2.75) is 12.8 Å². The molecule has 1 fully saturated rings. The number of imidazole rings is 1. The smallest absolute Gasteiger partial charge is 0.325 e. The highest BCUT2D eigenvalue weighted by Crippen LogP contribution is 2.30. The molecule has 3 aromatic heterocycles. The maximum absolute atomic E-state index is 12.1. The van der Waals surface area contributed by atoms with E-state index in [0.717, 1.165) is 12.1 Å². The second-order valence-corrected chi connectivity index (χ2v) is 6.29. The summed E-state index contributed by atoms with van der Waals surface area (Å²) >= 11 is 0. The maximum atomic E-state index is 12.1. The van der Waals surface area contributed by atoms with Crippen LogP contribution in [-0.2, 0) is 4.79 Å². The summed E-state index contributed by atoms with van der Waals surface area (Å²) in [5, 5.41) is 13.4. The number of H-pyrrole nitrogens is 2. The molecule has 1 aliphatic heterocycles. The van der Waals surface area contributed by atoms with Crippen molar-refractivity contribution >= 4 is 17.3 Å². The summed E-state index contributed by atoms with van der Waals surface area (Å²) in [6.45, 7) is 1.30. The number of aliphatic carboxylic acids is 1. The van der Waals surface area contributed by atoms with E-state index in [1.807, 2.05) is 0 Å². The zero-order valence-corrected chi connectivity index (χ0v) is 13.7. The van der Waals surface area contributed by atoms with Gasteiger partial charge in [0, 0.05) is 38.1 Å². The molecule has 4 heterocycles. The SMILES string of the molecule is O=C(O)CC1CCN(c2cc(-c3c[nH]c(=O)[nH]c3=O)nn3ccnc23)C1.